The Hall–Kier alpha value is -3.54. The minimum Gasteiger partial charge on any atom is -0.377 e. The Balaban J connectivity index is 1.53. The number of hydrogen-bond donors (Lipinski definition) is 2. The Morgan fingerprint density at radius 1 is 1.16 bits per heavy atom. The van der Waals surface area contributed by atoms with Crippen LogP contribution in [0.25, 0.3) is 16.9 Å². The maximum atomic E-state index is 14.3. The van der Waals surface area contributed by atoms with Gasteiger partial charge in [-0.25, -0.2) is 27.7 Å². The Bertz CT molecular complexity index is 1590. The minimum atomic E-state index is -4.78. The number of morpholine rings is 1. The molecule has 2 amide bonds. The van der Waals surface area contributed by atoms with E-state index in [1.54, 1.807) is 13.1 Å². The summed E-state index contributed by atoms with van der Waals surface area (Å²) in [6.07, 6.45) is -0.815. The van der Waals surface area contributed by atoms with Crippen LogP contribution >= 0.6 is 0 Å². The van der Waals surface area contributed by atoms with Gasteiger partial charge >= 0.3 is 12.2 Å². The Morgan fingerprint density at radius 3 is 2.56 bits per heavy atom. The number of nitrogens with one attached hydrogen (secondary N) is 2. The van der Waals surface area contributed by atoms with Crippen LogP contribution in [0.5, 0.6) is 0 Å². The number of rotatable bonds is 7. The number of ether oxygens (including phenoxy) is 1. The fraction of sp³-hybridized carbons (Fsp3) is 0.538. The average Bonchev–Trinajstić information content (AvgIpc) is 3.34. The van der Waals surface area contributed by atoms with Gasteiger partial charge in [0, 0.05) is 58.2 Å². The molecule has 2 N–H and O–H groups in total. The maximum absolute atomic E-state index is 14.3. The number of anilines is 2. The van der Waals surface area contributed by atoms with E-state index >= 15 is 0 Å². The molecule has 0 spiro atoms. The smallest absolute Gasteiger partial charge is 0.377 e. The zero-order chi connectivity index (χ0) is 30.9. The summed E-state index contributed by atoms with van der Waals surface area (Å²) in [4.78, 5) is 24.7. The van der Waals surface area contributed by atoms with Crippen molar-refractivity contribution in [2.75, 3.05) is 69.0 Å². The molecule has 0 saturated carbocycles. The lowest BCUT2D eigenvalue weighted by atomic mass is 10.1. The van der Waals surface area contributed by atoms with E-state index in [1.165, 1.54) is 15.1 Å². The van der Waals surface area contributed by atoms with Crippen LogP contribution in [0.1, 0.15) is 25.0 Å². The number of piperazine rings is 1. The molecule has 5 heterocycles. The lowest BCUT2D eigenvalue weighted by Crippen LogP contribution is -2.47. The summed E-state index contributed by atoms with van der Waals surface area (Å²) in [5.74, 6) is 0.0328. The van der Waals surface area contributed by atoms with Gasteiger partial charge in [-0.05, 0) is 31.5 Å². The first-order valence-electron chi connectivity index (χ1n) is 13.9. The van der Waals surface area contributed by atoms with Crippen LogP contribution in [0.4, 0.5) is 29.6 Å². The Labute approximate surface area is 247 Å². The van der Waals surface area contributed by atoms with E-state index in [0.29, 0.717) is 70.4 Å². The van der Waals surface area contributed by atoms with Gasteiger partial charge in [0.2, 0.25) is 10.0 Å². The first kappa shape index (κ1) is 30.9. The average molecular weight is 626 g/mol. The van der Waals surface area contributed by atoms with Gasteiger partial charge in [0.15, 0.2) is 11.6 Å². The molecule has 5 rings (SSSR count). The van der Waals surface area contributed by atoms with Gasteiger partial charge in [0.25, 0.3) is 0 Å². The minimum absolute atomic E-state index is 0.0911. The Kier molecular flexibility index (Phi) is 8.78. The fourth-order valence-corrected chi connectivity index (χ4v) is 6.05. The summed E-state index contributed by atoms with van der Waals surface area (Å²) in [5.41, 5.74) is 0.117. The molecule has 13 nitrogen and oxygen atoms in total. The number of hydrogen-bond acceptors (Lipinski definition) is 9. The number of alkyl halides is 3. The van der Waals surface area contributed by atoms with Gasteiger partial charge in [-0.2, -0.15) is 17.5 Å². The van der Waals surface area contributed by atoms with Crippen LogP contribution in [-0.4, -0.2) is 108 Å². The van der Waals surface area contributed by atoms with Crippen LogP contribution < -0.4 is 15.5 Å². The van der Waals surface area contributed by atoms with Crippen molar-refractivity contribution in [2.24, 2.45) is 0 Å². The van der Waals surface area contributed by atoms with Crippen LogP contribution in [0.3, 0.4) is 0 Å². The topological polar surface area (TPSA) is 137 Å². The predicted molar refractivity (Wildman–Crippen MR) is 153 cm³/mol. The number of carbonyl (C=O) groups excluding carboxylic acids is 1. The summed E-state index contributed by atoms with van der Waals surface area (Å²) in [5, 5.41) is 9.25. The molecule has 1 unspecified atom stereocenters. The van der Waals surface area contributed by atoms with Crippen molar-refractivity contribution < 1.29 is 31.1 Å². The quantitative estimate of drug-likeness (QED) is 0.405. The van der Waals surface area contributed by atoms with E-state index in [2.05, 4.69) is 30.6 Å². The molecule has 17 heteroatoms. The second-order valence-electron chi connectivity index (χ2n) is 10.6. The van der Waals surface area contributed by atoms with Crippen molar-refractivity contribution >= 4 is 33.2 Å². The van der Waals surface area contributed by atoms with E-state index in [1.807, 2.05) is 17.9 Å². The molecule has 2 aliphatic rings. The number of aromatic nitrogens is 4. The fourth-order valence-electron chi connectivity index (χ4n) is 5.23. The molecule has 1 atom stereocenters. The van der Waals surface area contributed by atoms with Crippen LogP contribution in [0, 0.1) is 0 Å². The molecular formula is C26H34F3N9O4S. The molecule has 0 radical (unpaired) electrons. The third kappa shape index (κ3) is 7.00. The van der Waals surface area contributed by atoms with Crippen LogP contribution in [0.2, 0.25) is 0 Å². The summed E-state index contributed by atoms with van der Waals surface area (Å²) in [7, 11) is -3.26. The normalized spacial score (nSPS) is 19.1. The standard InChI is InChI=1S/C26H34F3N9O4S/c1-4-30-25(39)32-22-12-20(26(27,28)29)19(13-31-22)23-33-24(37-9-10-42-16-17(37)2)21-11-18(15-38(21)34-23)14-35-5-7-36(8-6-35)43(3,40)41/h11-13,15,17H,4-10,14,16H2,1-3H3,(H2,30,31,32,39). The molecule has 2 saturated heterocycles. The second-order valence-corrected chi connectivity index (χ2v) is 12.6. The number of halogens is 3. The molecule has 0 aliphatic carbocycles. The number of amides is 2. The zero-order valence-electron chi connectivity index (χ0n) is 24.1. The van der Waals surface area contributed by atoms with E-state index in [4.69, 9.17) is 4.74 Å². The highest BCUT2D eigenvalue weighted by Crippen LogP contribution is 2.38. The molecule has 0 aromatic carbocycles. The molecule has 43 heavy (non-hydrogen) atoms. The molecule has 2 aliphatic heterocycles. The van der Waals surface area contributed by atoms with Gasteiger partial charge in [0.1, 0.15) is 11.3 Å². The van der Waals surface area contributed by atoms with Crippen molar-refractivity contribution in [1.29, 1.82) is 0 Å². The molecule has 0 bridgehead atoms. The third-order valence-corrected chi connectivity index (χ3v) is 8.68. The zero-order valence-corrected chi connectivity index (χ0v) is 24.9. The van der Waals surface area contributed by atoms with Gasteiger partial charge in [0.05, 0.1) is 36.6 Å². The molecule has 234 valence electrons. The summed E-state index contributed by atoms with van der Waals surface area (Å²) < 4.78 is 75.2. The first-order chi connectivity index (χ1) is 20.3. The highest BCUT2D eigenvalue weighted by molar-refractivity contribution is 7.88. The largest absolute Gasteiger partial charge is 0.417 e. The highest BCUT2D eigenvalue weighted by atomic mass is 32.2. The number of nitrogens with zero attached hydrogens (tertiary/aromatic N) is 7. The monoisotopic (exact) mass is 625 g/mol. The van der Waals surface area contributed by atoms with Crippen molar-refractivity contribution in [3.8, 4) is 11.4 Å². The SMILES string of the molecule is CCNC(=O)Nc1cc(C(F)(F)F)c(-c2nc(N3CCOCC3C)c3cc(CN4CCN(S(C)(=O)=O)CC4)cn3n2)cn1. The van der Waals surface area contributed by atoms with Crippen LogP contribution in [0.15, 0.2) is 24.5 Å². The highest BCUT2D eigenvalue weighted by Gasteiger charge is 2.36. The van der Waals surface area contributed by atoms with E-state index in [-0.39, 0.29) is 23.2 Å². The van der Waals surface area contributed by atoms with Crippen molar-refractivity contribution in [1.82, 2.24) is 34.1 Å². The lowest BCUT2D eigenvalue weighted by molar-refractivity contribution is -0.137. The number of carbonyl (C=O) groups is 1. The van der Waals surface area contributed by atoms with Gasteiger partial charge in [-0.15, -0.1) is 5.10 Å². The molecule has 3 aromatic heterocycles. The molecule has 3 aromatic rings. The van der Waals surface area contributed by atoms with E-state index < -0.39 is 27.8 Å². The number of urea groups is 1. The van der Waals surface area contributed by atoms with Gasteiger partial charge in [-0.1, -0.05) is 0 Å². The van der Waals surface area contributed by atoms with Gasteiger partial charge in [-0.3, -0.25) is 10.2 Å². The lowest BCUT2D eigenvalue weighted by Gasteiger charge is -2.34. The third-order valence-electron chi connectivity index (χ3n) is 7.38. The summed E-state index contributed by atoms with van der Waals surface area (Å²) >= 11 is 0. The first-order valence-corrected chi connectivity index (χ1v) is 15.7. The van der Waals surface area contributed by atoms with E-state index in [9.17, 15) is 26.4 Å². The van der Waals surface area contributed by atoms with E-state index in [0.717, 1.165) is 17.8 Å². The van der Waals surface area contributed by atoms with Crippen molar-refractivity contribution in [3.63, 3.8) is 0 Å². The Morgan fingerprint density at radius 2 is 1.91 bits per heavy atom. The summed E-state index contributed by atoms with van der Waals surface area (Å²) in [6, 6.07) is 1.92. The van der Waals surface area contributed by atoms with Crippen molar-refractivity contribution in [2.45, 2.75) is 32.6 Å². The maximum Gasteiger partial charge on any atom is 0.417 e. The molecular weight excluding hydrogens is 591 g/mol. The van der Waals surface area contributed by atoms with Crippen molar-refractivity contribution in [3.05, 3.63) is 35.7 Å². The molecule has 2 fully saturated rings. The summed E-state index contributed by atoms with van der Waals surface area (Å²) in [6.45, 7) is 7.63. The number of pyridine rings is 1. The second kappa shape index (κ2) is 12.2. The number of sulfonamides is 1. The number of fused-ring (bicyclic) bond motifs is 1. The van der Waals surface area contributed by atoms with Gasteiger partial charge < -0.3 is 15.0 Å². The van der Waals surface area contributed by atoms with Crippen LogP contribution in [-0.2, 0) is 27.5 Å². The predicted octanol–water partition coefficient (Wildman–Crippen LogP) is 2.25.